The first kappa shape index (κ1) is 28.0. The van der Waals surface area contributed by atoms with Crippen molar-refractivity contribution in [3.05, 3.63) is 100.0 Å². The van der Waals surface area contributed by atoms with Gasteiger partial charge in [0.15, 0.2) is 0 Å². The van der Waals surface area contributed by atoms with Gasteiger partial charge in [-0.15, -0.1) is 0 Å². The van der Waals surface area contributed by atoms with Gasteiger partial charge in [0.05, 0.1) is 30.6 Å². The molecule has 10 heteroatoms. The van der Waals surface area contributed by atoms with E-state index in [4.69, 9.17) is 32.0 Å². The Morgan fingerprint density at radius 2 is 1.86 bits per heavy atom. The second-order valence-electron chi connectivity index (χ2n) is 11.0. The number of quaternary nitrogens is 1. The summed E-state index contributed by atoms with van der Waals surface area (Å²) in [5, 5.41) is 2.36. The fraction of sp³-hybridized carbons (Fsp3) is 0.250. The van der Waals surface area contributed by atoms with Gasteiger partial charge in [0.2, 0.25) is 0 Å². The summed E-state index contributed by atoms with van der Waals surface area (Å²) in [7, 11) is 1.50. The van der Waals surface area contributed by atoms with Crippen LogP contribution in [-0.2, 0) is 6.54 Å². The molecule has 1 aromatic heterocycles. The largest absolute Gasteiger partial charge is 0.496 e. The zero-order valence-electron chi connectivity index (χ0n) is 23.4. The molecule has 8 nitrogen and oxygen atoms in total. The molecule has 0 unspecified atom stereocenters. The number of fused-ring (bicyclic) bond motifs is 3. The Hall–Kier alpha value is -4.18. The molecule has 1 amide bonds. The van der Waals surface area contributed by atoms with Gasteiger partial charge in [-0.1, -0.05) is 23.7 Å². The Balaban J connectivity index is 1.28. The van der Waals surface area contributed by atoms with E-state index in [1.54, 1.807) is 30.5 Å². The van der Waals surface area contributed by atoms with Crippen molar-refractivity contribution in [2.75, 3.05) is 20.2 Å². The highest BCUT2D eigenvalue weighted by atomic mass is 35.5. The number of aliphatic imine (C=N–C) groups is 1. The smallest absolute Gasteiger partial charge is 0.331 e. The van der Waals surface area contributed by atoms with Crippen molar-refractivity contribution in [2.24, 2.45) is 10.7 Å². The van der Waals surface area contributed by atoms with Crippen molar-refractivity contribution in [1.29, 1.82) is 0 Å². The Morgan fingerprint density at radius 3 is 2.60 bits per heavy atom. The SMILES string of the molecule is COc1cccc(F)c1C1=NCc2cnc([NH2+]c3ccc(C(=O)N4CCC(C)(N)CC4)cc3)nc2-c2ccc(Cl)cc21. The van der Waals surface area contributed by atoms with Gasteiger partial charge in [-0.2, -0.15) is 9.97 Å². The van der Waals surface area contributed by atoms with E-state index >= 15 is 4.39 Å². The Labute approximate surface area is 248 Å². The Bertz CT molecular complexity index is 1700. The van der Waals surface area contributed by atoms with Crippen LogP contribution in [0.1, 0.15) is 46.8 Å². The van der Waals surface area contributed by atoms with E-state index in [0.29, 0.717) is 52.3 Å². The quantitative estimate of drug-likeness (QED) is 0.328. The van der Waals surface area contributed by atoms with E-state index in [1.165, 1.54) is 13.2 Å². The van der Waals surface area contributed by atoms with Gasteiger partial charge < -0.3 is 15.4 Å². The molecule has 0 aliphatic carbocycles. The molecule has 3 aromatic carbocycles. The van der Waals surface area contributed by atoms with Crippen LogP contribution >= 0.6 is 11.6 Å². The lowest BCUT2D eigenvalue weighted by Gasteiger charge is -2.36. The monoisotopic (exact) mass is 585 g/mol. The maximum atomic E-state index is 15.1. The third-order valence-corrected chi connectivity index (χ3v) is 8.10. The van der Waals surface area contributed by atoms with Crippen molar-refractivity contribution in [2.45, 2.75) is 31.8 Å². The number of methoxy groups -OCH3 is 1. The average Bonchev–Trinajstić information content (AvgIpc) is 3.13. The van der Waals surface area contributed by atoms with Crippen molar-refractivity contribution in [3.8, 4) is 17.0 Å². The number of hydrogen-bond acceptors (Lipinski definition) is 6. The van der Waals surface area contributed by atoms with Crippen molar-refractivity contribution >= 4 is 34.9 Å². The van der Waals surface area contributed by atoms with E-state index in [-0.39, 0.29) is 23.6 Å². The van der Waals surface area contributed by atoms with E-state index in [1.807, 2.05) is 47.5 Å². The number of piperidine rings is 1. The number of aromatic nitrogens is 2. The number of halogens is 2. The molecule has 0 saturated carbocycles. The number of rotatable bonds is 5. The predicted octanol–water partition coefficient (Wildman–Crippen LogP) is 4.78. The fourth-order valence-corrected chi connectivity index (χ4v) is 5.57. The van der Waals surface area contributed by atoms with Crippen LogP contribution in [0.15, 0.2) is 71.9 Å². The third kappa shape index (κ3) is 5.51. The molecule has 0 atom stereocenters. The minimum atomic E-state index is -0.440. The highest BCUT2D eigenvalue weighted by Crippen LogP contribution is 2.36. The number of carbonyl (C=O) groups excluding carboxylic acids is 1. The first-order valence-corrected chi connectivity index (χ1v) is 14.2. The number of carbonyl (C=O) groups is 1. The second kappa shape index (κ2) is 11.2. The topological polar surface area (TPSA) is 110 Å². The fourth-order valence-electron chi connectivity index (χ4n) is 5.40. The predicted molar refractivity (Wildman–Crippen MR) is 160 cm³/mol. The number of amides is 1. The molecule has 0 radical (unpaired) electrons. The lowest BCUT2D eigenvalue weighted by Crippen LogP contribution is -2.72. The van der Waals surface area contributed by atoms with Crippen LogP contribution in [0.25, 0.3) is 11.3 Å². The molecule has 1 saturated heterocycles. The van der Waals surface area contributed by atoms with Gasteiger partial charge in [-0.05, 0) is 56.2 Å². The molecule has 214 valence electrons. The summed E-state index contributed by atoms with van der Waals surface area (Å²) in [6.07, 6.45) is 3.32. The van der Waals surface area contributed by atoms with Gasteiger partial charge in [0.1, 0.15) is 17.3 Å². The maximum absolute atomic E-state index is 15.1. The minimum absolute atomic E-state index is 0.0101. The zero-order valence-corrected chi connectivity index (χ0v) is 24.2. The Morgan fingerprint density at radius 1 is 1.10 bits per heavy atom. The summed E-state index contributed by atoms with van der Waals surface area (Å²) in [5.41, 5.74) is 11.1. The summed E-state index contributed by atoms with van der Waals surface area (Å²) in [6, 6.07) is 17.5. The molecular formula is C32H31ClFN6O2+. The molecule has 2 aliphatic rings. The molecule has 4 aromatic rings. The second-order valence-corrected chi connectivity index (χ2v) is 11.4. The van der Waals surface area contributed by atoms with Crippen LogP contribution in [0.4, 0.5) is 16.0 Å². The molecular weight excluding hydrogens is 555 g/mol. The average molecular weight is 586 g/mol. The summed E-state index contributed by atoms with van der Waals surface area (Å²) in [4.78, 5) is 29.1. The number of nitrogens with two attached hydrogens (primary N) is 2. The first-order valence-electron chi connectivity index (χ1n) is 13.8. The molecule has 2 aliphatic heterocycles. The standard InChI is InChI=1S/C32H30ClFN6O2/c1-32(35)12-14-40(15-13-32)30(41)19-6-9-22(10-7-19)38-31-37-18-20-17-36-29(27-25(34)4-3-5-26(27)42-2)24-16-21(33)8-11-23(24)28(20)39-31/h3-11,16,18H,12-15,17,35H2,1-2H3,(H,37,38,39)/p+1. The van der Waals surface area contributed by atoms with Crippen LogP contribution in [0.3, 0.4) is 0 Å². The highest BCUT2D eigenvalue weighted by Gasteiger charge is 2.29. The summed E-state index contributed by atoms with van der Waals surface area (Å²) in [6.45, 7) is 3.60. The van der Waals surface area contributed by atoms with Crippen LogP contribution < -0.4 is 15.8 Å². The summed E-state index contributed by atoms with van der Waals surface area (Å²) in [5.74, 6) is 0.450. The van der Waals surface area contributed by atoms with E-state index in [9.17, 15) is 4.79 Å². The number of hydrogen-bond donors (Lipinski definition) is 2. The van der Waals surface area contributed by atoms with Gasteiger partial charge in [-0.25, -0.2) is 9.71 Å². The van der Waals surface area contributed by atoms with E-state index in [0.717, 1.165) is 29.7 Å². The highest BCUT2D eigenvalue weighted by molar-refractivity contribution is 6.31. The Kier molecular flexibility index (Phi) is 7.49. The van der Waals surface area contributed by atoms with Crippen LogP contribution in [0.2, 0.25) is 5.02 Å². The van der Waals surface area contributed by atoms with E-state index in [2.05, 4.69) is 4.98 Å². The minimum Gasteiger partial charge on any atom is -0.496 e. The molecule has 4 N–H and O–H groups in total. The molecule has 3 heterocycles. The molecule has 0 spiro atoms. The van der Waals surface area contributed by atoms with Crippen LogP contribution in [0.5, 0.6) is 5.75 Å². The number of nitrogens with zero attached hydrogens (tertiary/aromatic N) is 4. The van der Waals surface area contributed by atoms with Crippen molar-refractivity contribution < 1.29 is 19.2 Å². The lowest BCUT2D eigenvalue weighted by atomic mass is 9.91. The molecule has 6 rings (SSSR count). The molecule has 0 bridgehead atoms. The third-order valence-electron chi connectivity index (χ3n) is 7.86. The zero-order chi connectivity index (χ0) is 29.4. The van der Waals surface area contributed by atoms with E-state index < -0.39 is 5.82 Å². The number of benzene rings is 3. The number of likely N-dealkylation sites (tertiary alicyclic amines) is 1. The van der Waals surface area contributed by atoms with Crippen LogP contribution in [-0.4, -0.2) is 52.2 Å². The lowest BCUT2D eigenvalue weighted by molar-refractivity contribution is -0.487. The van der Waals surface area contributed by atoms with Gasteiger partial charge in [0, 0.05) is 64.2 Å². The van der Waals surface area contributed by atoms with Gasteiger partial charge >= 0.3 is 5.95 Å². The maximum Gasteiger partial charge on any atom is 0.331 e. The molecule has 1 fully saturated rings. The summed E-state index contributed by atoms with van der Waals surface area (Å²) >= 11 is 6.41. The summed E-state index contributed by atoms with van der Waals surface area (Å²) < 4.78 is 20.6. The van der Waals surface area contributed by atoms with Crippen molar-refractivity contribution in [3.63, 3.8) is 0 Å². The normalized spacial score (nSPS) is 15.7. The van der Waals surface area contributed by atoms with Gasteiger partial charge in [-0.3, -0.25) is 9.79 Å². The first-order chi connectivity index (χ1) is 20.2. The van der Waals surface area contributed by atoms with Crippen molar-refractivity contribution in [1.82, 2.24) is 14.9 Å². The molecule has 42 heavy (non-hydrogen) atoms. The number of ether oxygens (including phenoxy) is 1. The van der Waals surface area contributed by atoms with Crippen LogP contribution in [0, 0.1) is 5.82 Å². The van der Waals surface area contributed by atoms with Gasteiger partial charge in [0.25, 0.3) is 5.91 Å².